The Bertz CT molecular complexity index is 490. The van der Waals surface area contributed by atoms with E-state index in [1.165, 1.54) is 11.4 Å². The Kier molecular flexibility index (Phi) is 6.15. The fourth-order valence-corrected chi connectivity index (χ4v) is 2.69. The number of sulfonamides is 1. The molecule has 1 saturated heterocycles. The highest BCUT2D eigenvalue weighted by atomic mass is 32.2. The Morgan fingerprint density at radius 3 is 2.57 bits per heavy atom. The van der Waals surface area contributed by atoms with Crippen molar-refractivity contribution in [1.29, 1.82) is 0 Å². The number of hydrogen-bond donors (Lipinski definition) is 1. The SMILES string of the molecule is CC(C)N1CC(C(=O)NCCCN(C)S(C)(=O)=O)CC1=O. The molecule has 0 aliphatic carbocycles. The molecule has 1 fully saturated rings. The lowest BCUT2D eigenvalue weighted by Gasteiger charge is -2.20. The highest BCUT2D eigenvalue weighted by molar-refractivity contribution is 7.88. The molecule has 0 aromatic heterocycles. The Balaban J connectivity index is 2.31. The van der Waals surface area contributed by atoms with E-state index in [0.29, 0.717) is 26.1 Å². The molecular formula is C13H25N3O4S. The summed E-state index contributed by atoms with van der Waals surface area (Å²) in [7, 11) is -1.67. The minimum absolute atomic E-state index is 0.0157. The van der Waals surface area contributed by atoms with E-state index in [0.717, 1.165) is 6.26 Å². The van der Waals surface area contributed by atoms with Gasteiger partial charge in [-0.1, -0.05) is 0 Å². The molecule has 1 heterocycles. The first-order valence-corrected chi connectivity index (χ1v) is 8.96. The van der Waals surface area contributed by atoms with Gasteiger partial charge in [0, 0.05) is 39.1 Å². The van der Waals surface area contributed by atoms with Gasteiger partial charge in [0.25, 0.3) is 0 Å². The van der Waals surface area contributed by atoms with E-state index in [9.17, 15) is 18.0 Å². The summed E-state index contributed by atoms with van der Waals surface area (Å²) in [5.41, 5.74) is 0. The van der Waals surface area contributed by atoms with E-state index in [1.807, 2.05) is 13.8 Å². The Morgan fingerprint density at radius 1 is 1.48 bits per heavy atom. The zero-order valence-electron chi connectivity index (χ0n) is 13.1. The maximum atomic E-state index is 12.0. The van der Waals surface area contributed by atoms with Crippen molar-refractivity contribution >= 4 is 21.8 Å². The topological polar surface area (TPSA) is 86.8 Å². The maximum Gasteiger partial charge on any atom is 0.225 e. The van der Waals surface area contributed by atoms with Crippen LogP contribution in [0.2, 0.25) is 0 Å². The van der Waals surface area contributed by atoms with Crippen LogP contribution in [-0.2, 0) is 19.6 Å². The fourth-order valence-electron chi connectivity index (χ4n) is 2.23. The molecule has 1 atom stereocenters. The minimum atomic E-state index is -3.17. The zero-order chi connectivity index (χ0) is 16.2. The van der Waals surface area contributed by atoms with Crippen molar-refractivity contribution < 1.29 is 18.0 Å². The van der Waals surface area contributed by atoms with Gasteiger partial charge in [0.05, 0.1) is 12.2 Å². The van der Waals surface area contributed by atoms with Crippen LogP contribution in [0.4, 0.5) is 0 Å². The smallest absolute Gasteiger partial charge is 0.225 e. The molecule has 8 heteroatoms. The molecule has 1 aliphatic heterocycles. The Labute approximate surface area is 126 Å². The molecule has 1 N–H and O–H groups in total. The van der Waals surface area contributed by atoms with Crippen molar-refractivity contribution in [2.45, 2.75) is 32.7 Å². The predicted molar refractivity (Wildman–Crippen MR) is 80.1 cm³/mol. The van der Waals surface area contributed by atoms with Crippen molar-refractivity contribution in [2.24, 2.45) is 5.92 Å². The van der Waals surface area contributed by atoms with Crippen LogP contribution in [0.1, 0.15) is 26.7 Å². The molecule has 7 nitrogen and oxygen atoms in total. The number of amides is 2. The summed E-state index contributed by atoms with van der Waals surface area (Å²) in [4.78, 5) is 25.4. The lowest BCUT2D eigenvalue weighted by Crippen LogP contribution is -2.36. The van der Waals surface area contributed by atoms with Crippen molar-refractivity contribution in [3.63, 3.8) is 0 Å². The molecule has 0 radical (unpaired) electrons. The van der Waals surface area contributed by atoms with Crippen LogP contribution in [0.25, 0.3) is 0 Å². The maximum absolute atomic E-state index is 12.0. The normalized spacial score (nSPS) is 19.6. The molecule has 0 aromatic carbocycles. The molecule has 1 aliphatic rings. The first-order valence-electron chi connectivity index (χ1n) is 7.11. The number of carbonyl (C=O) groups excluding carboxylic acids is 2. The summed E-state index contributed by atoms with van der Waals surface area (Å²) in [5.74, 6) is -0.414. The van der Waals surface area contributed by atoms with Gasteiger partial charge in [-0.25, -0.2) is 12.7 Å². The fraction of sp³-hybridized carbons (Fsp3) is 0.846. The summed E-state index contributed by atoms with van der Waals surface area (Å²) < 4.78 is 23.6. The Hall–Kier alpha value is -1.15. The molecule has 21 heavy (non-hydrogen) atoms. The molecule has 0 bridgehead atoms. The van der Waals surface area contributed by atoms with Gasteiger partial charge in [-0.05, 0) is 20.3 Å². The van der Waals surface area contributed by atoms with Crippen LogP contribution in [-0.4, -0.2) is 68.4 Å². The molecule has 122 valence electrons. The van der Waals surface area contributed by atoms with Gasteiger partial charge < -0.3 is 10.2 Å². The monoisotopic (exact) mass is 319 g/mol. The van der Waals surface area contributed by atoms with Crippen LogP contribution in [0.3, 0.4) is 0 Å². The molecule has 0 aromatic rings. The van der Waals surface area contributed by atoms with Gasteiger partial charge in [-0.15, -0.1) is 0 Å². The number of rotatable bonds is 7. The first-order chi connectivity index (χ1) is 9.62. The van der Waals surface area contributed by atoms with E-state index >= 15 is 0 Å². The lowest BCUT2D eigenvalue weighted by atomic mass is 10.1. The standard InChI is InChI=1S/C13H25N3O4S/c1-10(2)16-9-11(8-12(16)17)13(18)14-6-5-7-15(3)21(4,19)20/h10-11H,5-9H2,1-4H3,(H,14,18). The van der Waals surface area contributed by atoms with E-state index < -0.39 is 10.0 Å². The second kappa shape index (κ2) is 7.22. The lowest BCUT2D eigenvalue weighted by molar-refractivity contribution is -0.129. The van der Waals surface area contributed by atoms with Crippen molar-refractivity contribution in [3.8, 4) is 0 Å². The van der Waals surface area contributed by atoms with Crippen molar-refractivity contribution in [3.05, 3.63) is 0 Å². The third kappa shape index (κ3) is 5.28. The third-order valence-corrected chi connectivity index (χ3v) is 4.98. The summed E-state index contributed by atoms with van der Waals surface area (Å²) in [6.07, 6.45) is 1.95. The Morgan fingerprint density at radius 2 is 2.10 bits per heavy atom. The number of nitrogens with one attached hydrogen (secondary N) is 1. The van der Waals surface area contributed by atoms with Crippen molar-refractivity contribution in [1.82, 2.24) is 14.5 Å². The van der Waals surface area contributed by atoms with Crippen LogP contribution >= 0.6 is 0 Å². The molecule has 1 unspecified atom stereocenters. The summed E-state index contributed by atoms with van der Waals surface area (Å²) in [6.45, 7) is 5.09. The summed E-state index contributed by atoms with van der Waals surface area (Å²) in [5, 5.41) is 2.77. The summed E-state index contributed by atoms with van der Waals surface area (Å²) in [6, 6.07) is 0.110. The quantitative estimate of drug-likeness (QED) is 0.649. The summed E-state index contributed by atoms with van der Waals surface area (Å²) >= 11 is 0. The number of hydrogen-bond acceptors (Lipinski definition) is 4. The van der Waals surface area contributed by atoms with Gasteiger partial charge in [0.1, 0.15) is 0 Å². The van der Waals surface area contributed by atoms with Crippen LogP contribution in [0.15, 0.2) is 0 Å². The van der Waals surface area contributed by atoms with Gasteiger partial charge in [-0.2, -0.15) is 0 Å². The van der Waals surface area contributed by atoms with Gasteiger partial charge in [0.15, 0.2) is 0 Å². The highest BCUT2D eigenvalue weighted by Crippen LogP contribution is 2.20. The second-order valence-corrected chi connectivity index (χ2v) is 7.86. The van der Waals surface area contributed by atoms with E-state index in [1.54, 1.807) is 4.90 Å². The molecule has 2 amide bonds. The van der Waals surface area contributed by atoms with E-state index in [-0.39, 0.29) is 30.2 Å². The molecular weight excluding hydrogens is 294 g/mol. The largest absolute Gasteiger partial charge is 0.356 e. The van der Waals surface area contributed by atoms with Gasteiger partial charge in [-0.3, -0.25) is 9.59 Å². The van der Waals surface area contributed by atoms with Crippen molar-refractivity contribution in [2.75, 3.05) is 32.9 Å². The first kappa shape index (κ1) is 17.9. The van der Waals surface area contributed by atoms with E-state index in [2.05, 4.69) is 5.32 Å². The minimum Gasteiger partial charge on any atom is -0.356 e. The highest BCUT2D eigenvalue weighted by Gasteiger charge is 2.35. The van der Waals surface area contributed by atoms with Crippen LogP contribution < -0.4 is 5.32 Å². The number of likely N-dealkylation sites (tertiary alicyclic amines) is 1. The molecule has 0 saturated carbocycles. The average molecular weight is 319 g/mol. The van der Waals surface area contributed by atoms with Crippen LogP contribution in [0.5, 0.6) is 0 Å². The molecule has 0 spiro atoms. The second-order valence-electron chi connectivity index (χ2n) is 5.77. The van der Waals surface area contributed by atoms with Gasteiger partial charge in [0.2, 0.25) is 21.8 Å². The number of nitrogens with zero attached hydrogens (tertiary/aromatic N) is 2. The zero-order valence-corrected chi connectivity index (χ0v) is 13.9. The molecule has 1 rings (SSSR count). The average Bonchev–Trinajstić information content (AvgIpc) is 2.75. The van der Waals surface area contributed by atoms with E-state index in [4.69, 9.17) is 0 Å². The third-order valence-electron chi connectivity index (χ3n) is 3.67. The number of carbonyl (C=O) groups is 2. The predicted octanol–water partition coefficient (Wildman–Crippen LogP) is -0.359. The van der Waals surface area contributed by atoms with Crippen LogP contribution in [0, 0.1) is 5.92 Å². The van der Waals surface area contributed by atoms with Gasteiger partial charge >= 0.3 is 0 Å².